The van der Waals surface area contributed by atoms with Gasteiger partial charge in [-0.15, -0.1) is 0 Å². The molecule has 0 unspecified atom stereocenters. The van der Waals surface area contributed by atoms with Crippen molar-refractivity contribution in [3.05, 3.63) is 108 Å². The van der Waals surface area contributed by atoms with E-state index in [1.807, 2.05) is 95.9 Å². The van der Waals surface area contributed by atoms with Crippen LogP contribution in [0.3, 0.4) is 0 Å². The maximum Gasteiger partial charge on any atom is 0.321 e. The van der Waals surface area contributed by atoms with E-state index in [1.54, 1.807) is 4.90 Å². The molecule has 0 bridgehead atoms. The molecule has 0 aromatic heterocycles. The molecule has 4 rings (SSSR count). The van der Waals surface area contributed by atoms with Crippen LogP contribution in [-0.4, -0.2) is 39.6 Å². The number of β-amino-alcohol motifs (C(OH)–C–C–N with tert-alkyl or cyclic N) is 1. The first-order chi connectivity index (χ1) is 14.2. The van der Waals surface area contributed by atoms with Gasteiger partial charge in [0.15, 0.2) is 0 Å². The van der Waals surface area contributed by atoms with Gasteiger partial charge < -0.3 is 14.9 Å². The van der Waals surface area contributed by atoms with Crippen molar-refractivity contribution in [3.8, 4) is 0 Å². The predicted octanol–water partition coefficient (Wildman–Crippen LogP) is 4.10. The van der Waals surface area contributed by atoms with E-state index in [0.717, 1.165) is 16.7 Å². The van der Waals surface area contributed by atoms with Gasteiger partial charge in [-0.1, -0.05) is 91.0 Å². The highest BCUT2D eigenvalue weighted by atomic mass is 16.3. The molecule has 1 saturated heterocycles. The van der Waals surface area contributed by atoms with Gasteiger partial charge in [0.25, 0.3) is 0 Å². The quantitative estimate of drug-likeness (QED) is 0.693. The highest BCUT2D eigenvalue weighted by molar-refractivity contribution is 5.76. The molecule has 148 valence electrons. The Bertz CT molecular complexity index is 915. The summed E-state index contributed by atoms with van der Waals surface area (Å²) in [5.41, 5.74) is 3.25. The molecule has 29 heavy (non-hydrogen) atoms. The molecule has 3 aromatic rings. The minimum absolute atomic E-state index is 0.0241. The zero-order valence-electron chi connectivity index (χ0n) is 16.4. The SMILES string of the molecule is O=C1N(Cc2ccccc2)C[C@H](O)[C@@H](Cc2ccccc2)N1Cc1ccccc1. The van der Waals surface area contributed by atoms with E-state index in [4.69, 9.17) is 0 Å². The van der Waals surface area contributed by atoms with Gasteiger partial charge in [-0.25, -0.2) is 4.79 Å². The third kappa shape index (κ3) is 4.66. The molecule has 2 atom stereocenters. The number of aliphatic hydroxyl groups excluding tert-OH is 1. The van der Waals surface area contributed by atoms with E-state index in [1.165, 1.54) is 0 Å². The lowest BCUT2D eigenvalue weighted by molar-refractivity contribution is -0.00438. The summed E-state index contributed by atoms with van der Waals surface area (Å²) in [5, 5.41) is 11.0. The first-order valence-corrected chi connectivity index (χ1v) is 10.1. The lowest BCUT2D eigenvalue weighted by atomic mass is 9.96. The molecule has 1 fully saturated rings. The summed E-state index contributed by atoms with van der Waals surface area (Å²) >= 11 is 0. The van der Waals surface area contributed by atoms with E-state index in [2.05, 4.69) is 0 Å². The second-order valence-electron chi connectivity index (χ2n) is 7.59. The van der Waals surface area contributed by atoms with Crippen molar-refractivity contribution >= 4 is 6.03 Å². The fraction of sp³-hybridized carbons (Fsp3) is 0.240. The van der Waals surface area contributed by atoms with E-state index in [0.29, 0.717) is 26.1 Å². The van der Waals surface area contributed by atoms with Gasteiger partial charge in [0.1, 0.15) is 0 Å². The molecular weight excluding hydrogens is 360 g/mol. The molecule has 0 spiro atoms. The fourth-order valence-electron chi connectivity index (χ4n) is 3.96. The van der Waals surface area contributed by atoms with Gasteiger partial charge in [-0.05, 0) is 23.1 Å². The zero-order chi connectivity index (χ0) is 20.1. The van der Waals surface area contributed by atoms with Crippen LogP contribution in [-0.2, 0) is 19.5 Å². The number of amides is 2. The van der Waals surface area contributed by atoms with Crippen LogP contribution in [0.25, 0.3) is 0 Å². The number of nitrogens with zero attached hydrogens (tertiary/aromatic N) is 2. The van der Waals surface area contributed by atoms with Crippen LogP contribution in [0.5, 0.6) is 0 Å². The number of aliphatic hydroxyl groups is 1. The van der Waals surface area contributed by atoms with Crippen molar-refractivity contribution in [3.63, 3.8) is 0 Å². The zero-order valence-corrected chi connectivity index (χ0v) is 16.4. The van der Waals surface area contributed by atoms with Crippen molar-refractivity contribution in [1.82, 2.24) is 9.80 Å². The van der Waals surface area contributed by atoms with Gasteiger partial charge in [0.05, 0.1) is 18.7 Å². The Morgan fingerprint density at radius 1 is 0.724 bits per heavy atom. The van der Waals surface area contributed by atoms with Crippen LogP contribution >= 0.6 is 0 Å². The largest absolute Gasteiger partial charge is 0.389 e. The molecule has 4 nitrogen and oxygen atoms in total. The Morgan fingerprint density at radius 2 is 1.21 bits per heavy atom. The van der Waals surface area contributed by atoms with E-state index in [9.17, 15) is 9.90 Å². The minimum atomic E-state index is -0.611. The Labute approximate surface area is 172 Å². The van der Waals surface area contributed by atoms with Crippen LogP contribution in [0, 0.1) is 0 Å². The Balaban J connectivity index is 1.59. The number of rotatable bonds is 6. The molecule has 1 aliphatic rings. The average Bonchev–Trinajstić information content (AvgIpc) is 2.76. The van der Waals surface area contributed by atoms with E-state index in [-0.39, 0.29) is 12.1 Å². The number of hydrogen-bond donors (Lipinski definition) is 1. The summed E-state index contributed by atoms with van der Waals surface area (Å²) in [6.45, 7) is 1.33. The summed E-state index contributed by atoms with van der Waals surface area (Å²) < 4.78 is 0. The maximum atomic E-state index is 13.4. The number of carbonyl (C=O) groups excluding carboxylic acids is 1. The molecule has 2 amide bonds. The lowest BCUT2D eigenvalue weighted by Gasteiger charge is -2.44. The summed E-state index contributed by atoms with van der Waals surface area (Å²) in [6, 6.07) is 29.7. The van der Waals surface area contributed by atoms with E-state index < -0.39 is 6.10 Å². The number of benzene rings is 3. The highest BCUT2D eigenvalue weighted by Gasteiger charge is 2.39. The lowest BCUT2D eigenvalue weighted by Crippen LogP contribution is -2.61. The summed E-state index contributed by atoms with van der Waals surface area (Å²) in [5.74, 6) is 0. The summed E-state index contributed by atoms with van der Waals surface area (Å²) in [6.07, 6.45) is 0.0278. The van der Waals surface area contributed by atoms with Crippen LogP contribution in [0.15, 0.2) is 91.0 Å². The van der Waals surface area contributed by atoms with Crippen LogP contribution < -0.4 is 0 Å². The smallest absolute Gasteiger partial charge is 0.321 e. The van der Waals surface area contributed by atoms with Crippen LogP contribution in [0.2, 0.25) is 0 Å². The van der Waals surface area contributed by atoms with Gasteiger partial charge in [-0.2, -0.15) is 0 Å². The normalized spacial score (nSPS) is 19.4. The number of carbonyl (C=O) groups is 1. The average molecular weight is 386 g/mol. The standard InChI is InChI=1S/C25H26N2O2/c28-24-19-26(17-21-12-6-2-7-13-21)25(29)27(18-22-14-8-3-9-15-22)23(24)16-20-10-4-1-5-11-20/h1-15,23-24,28H,16-19H2/t23-,24+/m1/s1. The maximum absolute atomic E-state index is 13.4. The third-order valence-electron chi connectivity index (χ3n) is 5.47. The first-order valence-electron chi connectivity index (χ1n) is 10.1. The molecule has 0 aliphatic carbocycles. The Morgan fingerprint density at radius 3 is 1.76 bits per heavy atom. The molecular formula is C25H26N2O2. The summed E-state index contributed by atoms with van der Waals surface area (Å²) in [7, 11) is 0. The second kappa shape index (κ2) is 8.93. The molecule has 1 heterocycles. The minimum Gasteiger partial charge on any atom is -0.389 e. The van der Waals surface area contributed by atoms with Crippen molar-refractivity contribution in [2.24, 2.45) is 0 Å². The number of hydrogen-bond acceptors (Lipinski definition) is 2. The van der Waals surface area contributed by atoms with Crippen molar-refractivity contribution in [2.75, 3.05) is 6.54 Å². The molecule has 1 aliphatic heterocycles. The van der Waals surface area contributed by atoms with Crippen LogP contribution in [0.1, 0.15) is 16.7 Å². The number of urea groups is 1. The van der Waals surface area contributed by atoms with Gasteiger partial charge in [-0.3, -0.25) is 0 Å². The monoisotopic (exact) mass is 386 g/mol. The second-order valence-corrected chi connectivity index (χ2v) is 7.59. The van der Waals surface area contributed by atoms with Gasteiger partial charge in [0.2, 0.25) is 0 Å². The topological polar surface area (TPSA) is 43.8 Å². The molecule has 0 radical (unpaired) electrons. The first kappa shape index (κ1) is 19.2. The Kier molecular flexibility index (Phi) is 5.92. The van der Waals surface area contributed by atoms with E-state index >= 15 is 0 Å². The van der Waals surface area contributed by atoms with Crippen LogP contribution in [0.4, 0.5) is 4.79 Å². The molecule has 0 saturated carbocycles. The van der Waals surface area contributed by atoms with Crippen molar-refractivity contribution in [1.29, 1.82) is 0 Å². The fourth-order valence-corrected chi connectivity index (χ4v) is 3.96. The Hall–Kier alpha value is -3.11. The molecule has 1 N–H and O–H groups in total. The third-order valence-corrected chi connectivity index (χ3v) is 5.47. The molecule has 3 aromatic carbocycles. The van der Waals surface area contributed by atoms with Gasteiger partial charge >= 0.3 is 6.03 Å². The van der Waals surface area contributed by atoms with Crippen molar-refractivity contribution < 1.29 is 9.90 Å². The van der Waals surface area contributed by atoms with Crippen molar-refractivity contribution in [2.45, 2.75) is 31.7 Å². The predicted molar refractivity (Wildman–Crippen MR) is 114 cm³/mol. The highest BCUT2D eigenvalue weighted by Crippen LogP contribution is 2.24. The molecule has 4 heteroatoms. The van der Waals surface area contributed by atoms with Gasteiger partial charge in [0, 0.05) is 13.1 Å². The summed E-state index contributed by atoms with van der Waals surface area (Å²) in [4.78, 5) is 17.0.